The third-order valence-corrected chi connectivity index (χ3v) is 6.62. The summed E-state index contributed by atoms with van der Waals surface area (Å²) in [6, 6.07) is 10.1. The third-order valence-electron chi connectivity index (χ3n) is 5.09. The van der Waals surface area contributed by atoms with Gasteiger partial charge in [0.15, 0.2) is 11.5 Å². The zero-order valence-corrected chi connectivity index (χ0v) is 17.2. The van der Waals surface area contributed by atoms with Gasteiger partial charge in [-0.05, 0) is 48.4 Å². The number of ether oxygens (including phenoxy) is 4. The Morgan fingerprint density at radius 3 is 2.66 bits per heavy atom. The molecule has 0 spiro atoms. The lowest BCUT2D eigenvalue weighted by Crippen LogP contribution is -2.36. The lowest BCUT2D eigenvalue weighted by molar-refractivity contribution is 0.171. The first-order valence-electron chi connectivity index (χ1n) is 9.34. The molecule has 2 aromatic rings. The van der Waals surface area contributed by atoms with E-state index in [4.69, 9.17) is 18.9 Å². The second kappa shape index (κ2) is 8.10. The van der Waals surface area contributed by atoms with Crippen LogP contribution >= 0.6 is 0 Å². The van der Waals surface area contributed by atoms with Crippen LogP contribution in [0.5, 0.6) is 23.0 Å². The second-order valence-corrected chi connectivity index (χ2v) is 8.76. The predicted octanol–water partition coefficient (Wildman–Crippen LogP) is 1.99. The van der Waals surface area contributed by atoms with Crippen molar-refractivity contribution < 1.29 is 27.4 Å². The zero-order chi connectivity index (χ0) is 20.4. The van der Waals surface area contributed by atoms with Gasteiger partial charge in [-0.2, -0.15) is 0 Å². The number of nitrogens with zero attached hydrogens (tertiary/aromatic N) is 1. The number of benzene rings is 2. The first-order valence-corrected chi connectivity index (χ1v) is 10.8. The molecule has 0 bridgehead atoms. The summed E-state index contributed by atoms with van der Waals surface area (Å²) in [5, 5.41) is 0. The van der Waals surface area contributed by atoms with Crippen molar-refractivity contribution in [1.82, 2.24) is 9.62 Å². The van der Waals surface area contributed by atoms with E-state index in [9.17, 15) is 8.42 Å². The molecule has 1 unspecified atom stereocenters. The highest BCUT2D eigenvalue weighted by Gasteiger charge is 2.28. The third kappa shape index (κ3) is 4.26. The Balaban J connectivity index is 1.39. The maximum absolute atomic E-state index is 12.6. The van der Waals surface area contributed by atoms with Gasteiger partial charge in [0.2, 0.25) is 22.6 Å². The van der Waals surface area contributed by atoms with Gasteiger partial charge in [-0.1, -0.05) is 0 Å². The van der Waals surface area contributed by atoms with Gasteiger partial charge in [0, 0.05) is 25.7 Å². The van der Waals surface area contributed by atoms with Crippen molar-refractivity contribution in [2.45, 2.75) is 23.9 Å². The molecular formula is C20H24N2O6S. The van der Waals surface area contributed by atoms with Gasteiger partial charge in [0.25, 0.3) is 0 Å². The topological polar surface area (TPSA) is 86.3 Å². The molecule has 0 radical (unpaired) electrons. The maximum atomic E-state index is 12.6. The van der Waals surface area contributed by atoms with Crippen molar-refractivity contribution in [3.8, 4) is 23.0 Å². The Bertz CT molecular complexity index is 977. The van der Waals surface area contributed by atoms with E-state index in [1.54, 1.807) is 38.5 Å². The smallest absolute Gasteiger partial charge is 0.240 e. The number of methoxy groups -OCH3 is 2. The molecule has 9 heteroatoms. The van der Waals surface area contributed by atoms with Gasteiger partial charge in [0.05, 0.1) is 19.1 Å². The van der Waals surface area contributed by atoms with E-state index in [0.717, 1.165) is 18.5 Å². The van der Waals surface area contributed by atoms with E-state index in [2.05, 4.69) is 9.62 Å². The minimum Gasteiger partial charge on any atom is -0.497 e. The second-order valence-electron chi connectivity index (χ2n) is 7.05. The Morgan fingerprint density at radius 1 is 1.14 bits per heavy atom. The van der Waals surface area contributed by atoms with E-state index >= 15 is 0 Å². The van der Waals surface area contributed by atoms with Gasteiger partial charge in [0.1, 0.15) is 5.75 Å². The van der Waals surface area contributed by atoms with Crippen LogP contribution in [0.1, 0.15) is 12.0 Å². The molecule has 2 aliphatic heterocycles. The number of rotatable bonds is 7. The molecule has 1 fully saturated rings. The fourth-order valence-electron chi connectivity index (χ4n) is 3.65. The van der Waals surface area contributed by atoms with Crippen LogP contribution in [0.15, 0.2) is 41.3 Å². The molecule has 0 saturated carbocycles. The standard InChI is InChI=1S/C20H24N2O6S/c1-25-16-3-5-17(6-4-16)29(23,24)21-15-7-8-22(12-15)11-14-9-18(26-2)20-19(10-14)27-13-28-20/h3-6,9-10,15,21H,7-8,11-13H2,1-2H3. The van der Waals surface area contributed by atoms with Gasteiger partial charge in [-0.25, -0.2) is 13.1 Å². The summed E-state index contributed by atoms with van der Waals surface area (Å²) in [4.78, 5) is 2.44. The highest BCUT2D eigenvalue weighted by atomic mass is 32.2. The molecule has 2 aliphatic rings. The molecule has 1 N–H and O–H groups in total. The summed E-state index contributed by atoms with van der Waals surface area (Å²) in [5.41, 5.74) is 1.03. The van der Waals surface area contributed by atoms with Crippen LogP contribution in [0, 0.1) is 0 Å². The number of hydrogen-bond donors (Lipinski definition) is 1. The van der Waals surface area contributed by atoms with Gasteiger partial charge in [-0.3, -0.25) is 4.90 Å². The summed E-state index contributed by atoms with van der Waals surface area (Å²) in [6.45, 7) is 2.29. The molecule has 0 aromatic heterocycles. The molecule has 2 heterocycles. The molecule has 1 saturated heterocycles. The Labute approximate surface area is 170 Å². The van der Waals surface area contributed by atoms with Crippen LogP contribution in [0.4, 0.5) is 0 Å². The normalized spacial score (nSPS) is 18.8. The molecule has 0 aliphatic carbocycles. The van der Waals surface area contributed by atoms with Crippen LogP contribution in [0.2, 0.25) is 0 Å². The van der Waals surface area contributed by atoms with Crippen LogP contribution < -0.4 is 23.7 Å². The fourth-order valence-corrected chi connectivity index (χ4v) is 4.91. The van der Waals surface area contributed by atoms with E-state index in [1.807, 2.05) is 12.1 Å². The van der Waals surface area contributed by atoms with Crippen LogP contribution in [-0.4, -0.2) is 53.5 Å². The average Bonchev–Trinajstić information content (AvgIpc) is 3.36. The van der Waals surface area contributed by atoms with Crippen LogP contribution in [0.25, 0.3) is 0 Å². The Morgan fingerprint density at radius 2 is 1.93 bits per heavy atom. The van der Waals surface area contributed by atoms with Gasteiger partial charge < -0.3 is 18.9 Å². The molecule has 29 heavy (non-hydrogen) atoms. The van der Waals surface area contributed by atoms with Crippen molar-refractivity contribution in [3.05, 3.63) is 42.0 Å². The van der Waals surface area contributed by atoms with Crippen molar-refractivity contribution in [1.29, 1.82) is 0 Å². The summed E-state index contributed by atoms with van der Waals surface area (Å²) < 4.78 is 49.5. The minimum absolute atomic E-state index is 0.141. The van der Waals surface area contributed by atoms with Gasteiger partial charge in [-0.15, -0.1) is 0 Å². The van der Waals surface area contributed by atoms with Crippen LogP contribution in [0.3, 0.4) is 0 Å². The molecule has 2 aromatic carbocycles. The quantitative estimate of drug-likeness (QED) is 0.733. The summed E-state index contributed by atoms with van der Waals surface area (Å²) in [7, 11) is -0.428. The van der Waals surface area contributed by atoms with Crippen molar-refractivity contribution in [3.63, 3.8) is 0 Å². The first kappa shape index (κ1) is 19.8. The molecule has 156 valence electrons. The van der Waals surface area contributed by atoms with E-state index in [-0.39, 0.29) is 17.7 Å². The highest BCUT2D eigenvalue weighted by Crippen LogP contribution is 2.42. The fraction of sp³-hybridized carbons (Fsp3) is 0.400. The highest BCUT2D eigenvalue weighted by molar-refractivity contribution is 7.89. The monoisotopic (exact) mass is 420 g/mol. The van der Waals surface area contributed by atoms with Crippen molar-refractivity contribution >= 4 is 10.0 Å². The number of likely N-dealkylation sites (tertiary alicyclic amines) is 1. The molecule has 1 atom stereocenters. The predicted molar refractivity (Wildman–Crippen MR) is 106 cm³/mol. The van der Waals surface area contributed by atoms with Gasteiger partial charge >= 0.3 is 0 Å². The van der Waals surface area contributed by atoms with Crippen molar-refractivity contribution in [2.24, 2.45) is 0 Å². The van der Waals surface area contributed by atoms with Crippen molar-refractivity contribution in [2.75, 3.05) is 34.1 Å². The molecule has 8 nitrogen and oxygen atoms in total. The number of hydrogen-bond acceptors (Lipinski definition) is 7. The number of fused-ring (bicyclic) bond motifs is 1. The number of sulfonamides is 1. The van der Waals surface area contributed by atoms with E-state index in [0.29, 0.717) is 36.1 Å². The largest absolute Gasteiger partial charge is 0.497 e. The average molecular weight is 420 g/mol. The summed E-state index contributed by atoms with van der Waals surface area (Å²) >= 11 is 0. The SMILES string of the molecule is COc1ccc(S(=O)(=O)NC2CCN(Cc3cc(OC)c4c(c3)OCO4)C2)cc1. The Kier molecular flexibility index (Phi) is 5.53. The first-order chi connectivity index (χ1) is 14.0. The summed E-state index contributed by atoms with van der Waals surface area (Å²) in [5.74, 6) is 2.57. The molecule has 4 rings (SSSR count). The maximum Gasteiger partial charge on any atom is 0.240 e. The Hall–Kier alpha value is -2.49. The molecule has 0 amide bonds. The lowest BCUT2D eigenvalue weighted by atomic mass is 10.1. The van der Waals surface area contributed by atoms with Crippen LogP contribution in [-0.2, 0) is 16.6 Å². The van der Waals surface area contributed by atoms with E-state index in [1.165, 1.54) is 0 Å². The van der Waals surface area contributed by atoms with E-state index < -0.39 is 10.0 Å². The number of nitrogens with one attached hydrogen (secondary N) is 1. The summed E-state index contributed by atoms with van der Waals surface area (Å²) in [6.07, 6.45) is 0.747. The zero-order valence-electron chi connectivity index (χ0n) is 16.4. The lowest BCUT2D eigenvalue weighted by Gasteiger charge is -2.18. The minimum atomic E-state index is -3.57. The molecular weight excluding hydrogens is 396 g/mol.